The molecule has 0 unspecified atom stereocenters. The molecule has 8 nitrogen and oxygen atoms in total. The van der Waals surface area contributed by atoms with E-state index in [2.05, 4.69) is 20.6 Å². The van der Waals surface area contributed by atoms with E-state index in [0.29, 0.717) is 28.2 Å². The van der Waals surface area contributed by atoms with E-state index >= 15 is 0 Å². The van der Waals surface area contributed by atoms with Gasteiger partial charge in [-0.3, -0.25) is 9.78 Å². The van der Waals surface area contributed by atoms with Crippen molar-refractivity contribution in [2.24, 2.45) is 7.05 Å². The fourth-order valence-electron chi connectivity index (χ4n) is 2.97. The number of nitrogen functional groups attached to an aromatic ring is 1. The van der Waals surface area contributed by atoms with Crippen molar-refractivity contribution in [3.8, 4) is 11.5 Å². The molecule has 0 aliphatic heterocycles. The van der Waals surface area contributed by atoms with E-state index in [1.54, 1.807) is 31.3 Å². The predicted octanol–water partition coefficient (Wildman–Crippen LogP) is 4.10. The zero-order valence-electron chi connectivity index (χ0n) is 16.3. The summed E-state index contributed by atoms with van der Waals surface area (Å²) < 4.78 is 7.83. The number of imidazole rings is 1. The number of carbonyl (C=O) groups is 1. The number of hydrogen-bond donors (Lipinski definition) is 3. The molecule has 0 spiro atoms. The number of nitrogens with two attached hydrogens (primary N) is 1. The summed E-state index contributed by atoms with van der Waals surface area (Å²) in [6.07, 6.45) is 1.53. The third kappa shape index (κ3) is 3.85. The standard InChI is InChI=1S/C21H19ClN6O2/c1-24-20(29)18-11-14(7-8-25-18)30-13-4-6-19-17(10-13)27-21(28(19)2)26-12-3-5-15(22)16(23)9-12/h3-11H,23H2,1-2H3,(H,24,29)(H,26,27). The van der Waals surface area contributed by atoms with Crippen LogP contribution in [-0.4, -0.2) is 27.5 Å². The molecule has 4 rings (SSSR count). The van der Waals surface area contributed by atoms with Crippen LogP contribution in [0.25, 0.3) is 11.0 Å². The highest BCUT2D eigenvalue weighted by atomic mass is 35.5. The van der Waals surface area contributed by atoms with Crippen LogP contribution >= 0.6 is 11.6 Å². The monoisotopic (exact) mass is 422 g/mol. The SMILES string of the molecule is CNC(=O)c1cc(Oc2ccc3c(c2)nc(Nc2ccc(Cl)c(N)c2)n3C)ccn1. The first-order valence-electron chi connectivity index (χ1n) is 9.09. The van der Waals surface area contributed by atoms with E-state index in [4.69, 9.17) is 22.1 Å². The highest BCUT2D eigenvalue weighted by molar-refractivity contribution is 6.33. The van der Waals surface area contributed by atoms with Crippen LogP contribution in [-0.2, 0) is 7.05 Å². The fourth-order valence-corrected chi connectivity index (χ4v) is 3.09. The number of carbonyl (C=O) groups excluding carboxylic acids is 1. The summed E-state index contributed by atoms with van der Waals surface area (Å²) in [4.78, 5) is 20.4. The van der Waals surface area contributed by atoms with Gasteiger partial charge in [0.05, 0.1) is 21.7 Å². The van der Waals surface area contributed by atoms with Crippen molar-refractivity contribution in [1.82, 2.24) is 19.9 Å². The zero-order valence-corrected chi connectivity index (χ0v) is 17.1. The second-order valence-electron chi connectivity index (χ2n) is 6.56. The first-order chi connectivity index (χ1) is 14.4. The molecule has 2 aromatic carbocycles. The molecule has 4 N–H and O–H groups in total. The molecule has 30 heavy (non-hydrogen) atoms. The summed E-state index contributed by atoms with van der Waals surface area (Å²) in [6.45, 7) is 0. The highest BCUT2D eigenvalue weighted by Crippen LogP contribution is 2.29. The molecule has 0 atom stereocenters. The van der Waals surface area contributed by atoms with Crippen LogP contribution in [0.1, 0.15) is 10.5 Å². The third-order valence-electron chi connectivity index (χ3n) is 4.53. The molecule has 152 valence electrons. The summed E-state index contributed by atoms with van der Waals surface area (Å²) in [6, 6.07) is 14.2. The van der Waals surface area contributed by atoms with Crippen molar-refractivity contribution >= 4 is 45.9 Å². The van der Waals surface area contributed by atoms with E-state index < -0.39 is 0 Å². The lowest BCUT2D eigenvalue weighted by atomic mass is 10.3. The first-order valence-corrected chi connectivity index (χ1v) is 9.47. The number of hydrogen-bond acceptors (Lipinski definition) is 6. The topological polar surface area (TPSA) is 107 Å². The molecule has 9 heteroatoms. The van der Waals surface area contributed by atoms with Crippen molar-refractivity contribution in [2.75, 3.05) is 18.1 Å². The maximum Gasteiger partial charge on any atom is 0.269 e. The Balaban J connectivity index is 1.60. The van der Waals surface area contributed by atoms with Gasteiger partial charge in [-0.15, -0.1) is 0 Å². The summed E-state index contributed by atoms with van der Waals surface area (Å²) in [5.41, 5.74) is 9.10. The van der Waals surface area contributed by atoms with Crippen molar-refractivity contribution in [2.45, 2.75) is 0 Å². The summed E-state index contributed by atoms with van der Waals surface area (Å²) in [5, 5.41) is 6.29. The molecule has 2 aromatic heterocycles. The zero-order chi connectivity index (χ0) is 21.3. The van der Waals surface area contributed by atoms with Crippen molar-refractivity contribution in [3.63, 3.8) is 0 Å². The molecular weight excluding hydrogens is 404 g/mol. The normalized spacial score (nSPS) is 10.8. The van der Waals surface area contributed by atoms with Crippen molar-refractivity contribution in [3.05, 3.63) is 65.4 Å². The smallest absolute Gasteiger partial charge is 0.269 e. The van der Waals surface area contributed by atoms with E-state index in [0.717, 1.165) is 16.7 Å². The molecule has 0 aliphatic rings. The Morgan fingerprint density at radius 3 is 2.70 bits per heavy atom. The number of benzene rings is 2. The van der Waals surface area contributed by atoms with Crippen LogP contribution in [0.4, 0.5) is 17.3 Å². The van der Waals surface area contributed by atoms with Gasteiger partial charge in [0, 0.05) is 38.1 Å². The highest BCUT2D eigenvalue weighted by Gasteiger charge is 2.11. The van der Waals surface area contributed by atoms with Gasteiger partial charge in [-0.2, -0.15) is 0 Å². The van der Waals surface area contributed by atoms with Crippen LogP contribution in [0.15, 0.2) is 54.7 Å². The van der Waals surface area contributed by atoms with E-state index in [-0.39, 0.29) is 11.6 Å². The second kappa shape index (κ2) is 7.92. The Labute approximate surface area is 177 Å². The molecule has 0 saturated heterocycles. The van der Waals surface area contributed by atoms with E-state index in [9.17, 15) is 4.79 Å². The minimum atomic E-state index is -0.279. The van der Waals surface area contributed by atoms with Crippen LogP contribution in [0.3, 0.4) is 0 Å². The molecule has 0 bridgehead atoms. The number of halogens is 1. The summed E-state index contributed by atoms with van der Waals surface area (Å²) in [7, 11) is 3.46. The third-order valence-corrected chi connectivity index (χ3v) is 4.88. The van der Waals surface area contributed by atoms with Gasteiger partial charge in [0.1, 0.15) is 17.2 Å². The Morgan fingerprint density at radius 1 is 1.13 bits per heavy atom. The minimum absolute atomic E-state index is 0.279. The Kier molecular flexibility index (Phi) is 5.16. The number of amides is 1. The number of aromatic nitrogens is 3. The van der Waals surface area contributed by atoms with Gasteiger partial charge in [-0.25, -0.2) is 4.98 Å². The molecule has 2 heterocycles. The molecule has 0 fully saturated rings. The molecular formula is C21H19ClN6O2. The summed E-state index contributed by atoms with van der Waals surface area (Å²) in [5.74, 6) is 1.47. The van der Waals surface area contributed by atoms with Crippen molar-refractivity contribution < 1.29 is 9.53 Å². The lowest BCUT2D eigenvalue weighted by Crippen LogP contribution is -2.18. The van der Waals surface area contributed by atoms with Gasteiger partial charge in [-0.05, 0) is 36.4 Å². The number of fused-ring (bicyclic) bond motifs is 1. The molecule has 0 aliphatic carbocycles. The number of anilines is 3. The van der Waals surface area contributed by atoms with E-state index in [1.165, 1.54) is 6.20 Å². The van der Waals surface area contributed by atoms with Gasteiger partial charge in [0.15, 0.2) is 0 Å². The van der Waals surface area contributed by atoms with Crippen LogP contribution in [0, 0.1) is 0 Å². The Morgan fingerprint density at radius 2 is 1.93 bits per heavy atom. The molecule has 4 aromatic rings. The van der Waals surface area contributed by atoms with Crippen LogP contribution < -0.4 is 21.1 Å². The lowest BCUT2D eigenvalue weighted by Gasteiger charge is -2.08. The average molecular weight is 423 g/mol. The van der Waals surface area contributed by atoms with Crippen molar-refractivity contribution in [1.29, 1.82) is 0 Å². The van der Waals surface area contributed by atoms with Gasteiger partial charge >= 0.3 is 0 Å². The second-order valence-corrected chi connectivity index (χ2v) is 6.97. The Bertz CT molecular complexity index is 1250. The van der Waals surface area contributed by atoms with Gasteiger partial charge in [0.25, 0.3) is 5.91 Å². The average Bonchev–Trinajstić information content (AvgIpc) is 3.05. The number of ether oxygens (including phenoxy) is 1. The Hall–Kier alpha value is -3.78. The van der Waals surface area contributed by atoms with Gasteiger partial charge in [-0.1, -0.05) is 11.6 Å². The largest absolute Gasteiger partial charge is 0.457 e. The molecule has 1 amide bonds. The predicted molar refractivity (Wildman–Crippen MR) is 118 cm³/mol. The van der Waals surface area contributed by atoms with Crippen LogP contribution in [0.2, 0.25) is 5.02 Å². The van der Waals surface area contributed by atoms with Gasteiger partial charge in [0.2, 0.25) is 5.95 Å². The molecule has 0 radical (unpaired) electrons. The van der Waals surface area contributed by atoms with E-state index in [1.807, 2.05) is 35.9 Å². The fraction of sp³-hybridized carbons (Fsp3) is 0.0952. The minimum Gasteiger partial charge on any atom is -0.457 e. The number of pyridine rings is 1. The quantitative estimate of drug-likeness (QED) is 0.418. The number of aryl methyl sites for hydroxylation is 1. The number of rotatable bonds is 5. The van der Waals surface area contributed by atoms with Crippen LogP contribution in [0.5, 0.6) is 11.5 Å². The summed E-state index contributed by atoms with van der Waals surface area (Å²) >= 11 is 5.98. The lowest BCUT2D eigenvalue weighted by molar-refractivity contribution is 0.0958. The number of nitrogens with one attached hydrogen (secondary N) is 2. The maximum atomic E-state index is 11.8. The first kappa shape index (κ1) is 19.5. The number of nitrogens with zero attached hydrogens (tertiary/aromatic N) is 3. The maximum absolute atomic E-state index is 11.8. The van der Waals surface area contributed by atoms with Gasteiger partial charge < -0.3 is 25.7 Å². The molecule has 0 saturated carbocycles.